The van der Waals surface area contributed by atoms with E-state index >= 15 is 0 Å². The first kappa shape index (κ1) is 17.7. The predicted molar refractivity (Wildman–Crippen MR) is 93.6 cm³/mol. The van der Waals surface area contributed by atoms with Gasteiger partial charge in [-0.3, -0.25) is 14.5 Å². The number of carbonyl (C=O) groups is 2. The van der Waals surface area contributed by atoms with Gasteiger partial charge in [0.2, 0.25) is 11.8 Å². The Kier molecular flexibility index (Phi) is 6.11. The van der Waals surface area contributed by atoms with Crippen LogP contribution in [-0.4, -0.2) is 84.9 Å². The number of nitrogens with zero attached hydrogens (tertiary/aromatic N) is 3. The molecule has 0 saturated carbocycles. The number of piperazine rings is 1. The molecule has 3 aliphatic rings. The molecule has 0 radical (unpaired) electrons. The highest BCUT2D eigenvalue weighted by molar-refractivity contribution is 5.80. The van der Waals surface area contributed by atoms with E-state index in [2.05, 4.69) is 17.1 Å². The average Bonchev–Trinajstić information content (AvgIpc) is 2.62. The van der Waals surface area contributed by atoms with Gasteiger partial charge in [-0.05, 0) is 45.6 Å². The van der Waals surface area contributed by atoms with Crippen molar-refractivity contribution in [1.82, 2.24) is 20.0 Å². The molecule has 0 aromatic rings. The van der Waals surface area contributed by atoms with E-state index in [-0.39, 0.29) is 11.8 Å². The van der Waals surface area contributed by atoms with Crippen LogP contribution in [0.5, 0.6) is 0 Å². The monoisotopic (exact) mass is 336 g/mol. The highest BCUT2D eigenvalue weighted by atomic mass is 16.2. The van der Waals surface area contributed by atoms with Gasteiger partial charge in [-0.25, -0.2) is 0 Å². The summed E-state index contributed by atoms with van der Waals surface area (Å²) in [6, 6.07) is 0.441. The van der Waals surface area contributed by atoms with Crippen molar-refractivity contribution in [3.05, 3.63) is 0 Å². The topological polar surface area (TPSA) is 55.9 Å². The van der Waals surface area contributed by atoms with Gasteiger partial charge in [-0.15, -0.1) is 0 Å². The largest absolute Gasteiger partial charge is 0.342 e. The highest BCUT2D eigenvalue weighted by Gasteiger charge is 2.31. The molecule has 0 spiro atoms. The third kappa shape index (κ3) is 4.48. The predicted octanol–water partition coefficient (Wildman–Crippen LogP) is 0.531. The Labute approximate surface area is 145 Å². The third-order valence-corrected chi connectivity index (χ3v) is 5.72. The SMILES string of the molecule is C[C@H]1C[C@@H](C(=O)N2CCN(CC(=O)N3CCCCC3)CC2)CCN1. The molecule has 1 N–H and O–H groups in total. The molecule has 2 amide bonds. The van der Waals surface area contributed by atoms with Crippen LogP contribution >= 0.6 is 0 Å². The second-order valence-electron chi connectivity index (χ2n) is 7.62. The molecule has 3 saturated heterocycles. The smallest absolute Gasteiger partial charge is 0.236 e. The molecule has 6 heteroatoms. The number of piperidine rings is 2. The summed E-state index contributed by atoms with van der Waals surface area (Å²) >= 11 is 0. The van der Waals surface area contributed by atoms with Crippen molar-refractivity contribution < 1.29 is 9.59 Å². The van der Waals surface area contributed by atoms with E-state index < -0.39 is 0 Å². The number of nitrogens with one attached hydrogen (secondary N) is 1. The lowest BCUT2D eigenvalue weighted by Crippen LogP contribution is -2.54. The molecule has 3 rings (SSSR count). The van der Waals surface area contributed by atoms with Crippen LogP contribution in [0.25, 0.3) is 0 Å². The van der Waals surface area contributed by atoms with Crippen molar-refractivity contribution in [3.63, 3.8) is 0 Å². The maximum atomic E-state index is 12.7. The van der Waals surface area contributed by atoms with Crippen LogP contribution in [0.4, 0.5) is 0 Å². The summed E-state index contributed by atoms with van der Waals surface area (Å²) in [7, 11) is 0. The van der Waals surface area contributed by atoms with Crippen LogP contribution in [0.15, 0.2) is 0 Å². The molecule has 0 aliphatic carbocycles. The van der Waals surface area contributed by atoms with E-state index in [0.29, 0.717) is 18.5 Å². The van der Waals surface area contributed by atoms with E-state index in [0.717, 1.165) is 71.5 Å². The van der Waals surface area contributed by atoms with Crippen LogP contribution in [0, 0.1) is 5.92 Å². The van der Waals surface area contributed by atoms with Gasteiger partial charge in [-0.1, -0.05) is 0 Å². The van der Waals surface area contributed by atoms with Crippen LogP contribution < -0.4 is 5.32 Å². The first-order valence-electron chi connectivity index (χ1n) is 9.66. The highest BCUT2D eigenvalue weighted by Crippen LogP contribution is 2.20. The van der Waals surface area contributed by atoms with Gasteiger partial charge in [-0.2, -0.15) is 0 Å². The molecule has 3 heterocycles. The Hall–Kier alpha value is -1.14. The maximum Gasteiger partial charge on any atom is 0.236 e. The van der Waals surface area contributed by atoms with Crippen molar-refractivity contribution in [2.75, 3.05) is 52.4 Å². The van der Waals surface area contributed by atoms with Crippen molar-refractivity contribution in [1.29, 1.82) is 0 Å². The van der Waals surface area contributed by atoms with Gasteiger partial charge in [0.05, 0.1) is 6.54 Å². The summed E-state index contributed by atoms with van der Waals surface area (Å²) in [5, 5.41) is 3.41. The minimum absolute atomic E-state index is 0.183. The normalized spacial score (nSPS) is 29.5. The van der Waals surface area contributed by atoms with Gasteiger partial charge in [0, 0.05) is 51.2 Å². The fourth-order valence-corrected chi connectivity index (χ4v) is 4.18. The standard InChI is InChI=1S/C18H32N4O2/c1-15-13-16(5-6-19-15)18(24)22-11-9-20(10-12-22)14-17(23)21-7-3-2-4-8-21/h15-16,19H,2-14H2,1H3/t15-,16-/m0/s1. The fourth-order valence-electron chi connectivity index (χ4n) is 4.18. The first-order chi connectivity index (χ1) is 11.6. The van der Waals surface area contributed by atoms with E-state index in [1.54, 1.807) is 0 Å². The summed E-state index contributed by atoms with van der Waals surface area (Å²) in [5.74, 6) is 0.773. The summed E-state index contributed by atoms with van der Waals surface area (Å²) in [6.45, 7) is 8.65. The second-order valence-corrected chi connectivity index (χ2v) is 7.62. The molecular formula is C18H32N4O2. The molecule has 6 nitrogen and oxygen atoms in total. The quantitative estimate of drug-likeness (QED) is 0.817. The molecule has 0 bridgehead atoms. The molecule has 136 valence electrons. The number of hydrogen-bond acceptors (Lipinski definition) is 4. The van der Waals surface area contributed by atoms with Crippen LogP contribution in [-0.2, 0) is 9.59 Å². The Morgan fingerprint density at radius 1 is 0.958 bits per heavy atom. The van der Waals surface area contributed by atoms with Crippen LogP contribution in [0.2, 0.25) is 0 Å². The van der Waals surface area contributed by atoms with Gasteiger partial charge in [0.1, 0.15) is 0 Å². The average molecular weight is 336 g/mol. The Morgan fingerprint density at radius 3 is 2.33 bits per heavy atom. The first-order valence-corrected chi connectivity index (χ1v) is 9.66. The van der Waals surface area contributed by atoms with Gasteiger partial charge >= 0.3 is 0 Å². The summed E-state index contributed by atoms with van der Waals surface area (Å²) in [6.07, 6.45) is 5.44. The Morgan fingerprint density at radius 2 is 1.67 bits per heavy atom. The van der Waals surface area contributed by atoms with E-state index in [9.17, 15) is 9.59 Å². The number of hydrogen-bond donors (Lipinski definition) is 1. The molecule has 2 atom stereocenters. The molecule has 3 fully saturated rings. The van der Waals surface area contributed by atoms with Crippen molar-refractivity contribution in [3.8, 4) is 0 Å². The summed E-state index contributed by atoms with van der Waals surface area (Å²) in [4.78, 5) is 31.3. The minimum Gasteiger partial charge on any atom is -0.342 e. The molecule has 0 aromatic carbocycles. The van der Waals surface area contributed by atoms with E-state index in [1.165, 1.54) is 6.42 Å². The van der Waals surface area contributed by atoms with Crippen molar-refractivity contribution >= 4 is 11.8 Å². The molecule has 24 heavy (non-hydrogen) atoms. The van der Waals surface area contributed by atoms with Gasteiger partial charge < -0.3 is 15.1 Å². The maximum absolute atomic E-state index is 12.7. The van der Waals surface area contributed by atoms with Crippen LogP contribution in [0.1, 0.15) is 39.0 Å². The lowest BCUT2D eigenvalue weighted by atomic mass is 9.92. The molecule has 0 aromatic heterocycles. The fraction of sp³-hybridized carbons (Fsp3) is 0.889. The zero-order chi connectivity index (χ0) is 16.9. The van der Waals surface area contributed by atoms with Gasteiger partial charge in [0.15, 0.2) is 0 Å². The number of carbonyl (C=O) groups excluding carboxylic acids is 2. The number of likely N-dealkylation sites (tertiary alicyclic amines) is 1. The van der Waals surface area contributed by atoms with E-state index in [1.807, 2.05) is 9.80 Å². The summed E-state index contributed by atoms with van der Waals surface area (Å²) in [5.41, 5.74) is 0. The molecular weight excluding hydrogens is 304 g/mol. The lowest BCUT2D eigenvalue weighted by Gasteiger charge is -2.38. The van der Waals surface area contributed by atoms with E-state index in [4.69, 9.17) is 0 Å². The van der Waals surface area contributed by atoms with Crippen LogP contribution in [0.3, 0.4) is 0 Å². The van der Waals surface area contributed by atoms with Gasteiger partial charge in [0.25, 0.3) is 0 Å². The Bertz CT molecular complexity index is 442. The number of amides is 2. The van der Waals surface area contributed by atoms with Crippen molar-refractivity contribution in [2.45, 2.75) is 45.1 Å². The minimum atomic E-state index is 0.183. The molecule has 0 unspecified atom stereocenters. The third-order valence-electron chi connectivity index (χ3n) is 5.72. The second kappa shape index (κ2) is 8.30. The van der Waals surface area contributed by atoms with Crippen molar-refractivity contribution in [2.24, 2.45) is 5.92 Å². The lowest BCUT2D eigenvalue weighted by molar-refractivity contribution is -0.139. The number of rotatable bonds is 3. The molecule has 3 aliphatic heterocycles. The zero-order valence-electron chi connectivity index (χ0n) is 15.0. The summed E-state index contributed by atoms with van der Waals surface area (Å²) < 4.78 is 0. The Balaban J connectivity index is 1.42. The zero-order valence-corrected chi connectivity index (χ0v) is 15.0.